The second-order valence-electron chi connectivity index (χ2n) is 12.4. The monoisotopic (exact) mass is 662 g/mol. The number of methoxy groups -OCH3 is 1. The van der Waals surface area contributed by atoms with E-state index in [9.17, 15) is 9.59 Å². The fraction of sp³-hybridized carbons (Fsp3) is 0.233. The maximum atomic E-state index is 14.2. The van der Waals surface area contributed by atoms with Crippen molar-refractivity contribution in [1.82, 2.24) is 19.9 Å². The zero-order valence-corrected chi connectivity index (χ0v) is 29.1. The molecule has 7 heteroatoms. The Morgan fingerprint density at radius 2 is 1.34 bits per heavy atom. The summed E-state index contributed by atoms with van der Waals surface area (Å²) in [7, 11) is 1.57. The SMILES string of the molecule is C=C1C(=O)N(C(CC)CCCCC)C(=O)c2ccc(OC)c(/C(=C\C)c3nc(-c4ccccc4)nc(-c4ccc(-c5ccccc5)cc4)n3)c21. The van der Waals surface area contributed by atoms with Gasteiger partial charge in [0.25, 0.3) is 11.8 Å². The molecule has 6 rings (SSSR count). The number of ether oxygens (including phenoxy) is 1. The van der Waals surface area contributed by atoms with Gasteiger partial charge in [0.1, 0.15) is 5.75 Å². The molecular formula is C43H42N4O3. The first-order chi connectivity index (χ1) is 24.4. The van der Waals surface area contributed by atoms with Gasteiger partial charge in [-0.2, -0.15) is 0 Å². The van der Waals surface area contributed by atoms with Crippen LogP contribution in [-0.4, -0.2) is 44.8 Å². The van der Waals surface area contributed by atoms with Crippen molar-refractivity contribution in [2.75, 3.05) is 7.11 Å². The Kier molecular flexibility index (Phi) is 10.4. The molecular weight excluding hydrogens is 620 g/mol. The predicted molar refractivity (Wildman–Crippen MR) is 200 cm³/mol. The smallest absolute Gasteiger partial charge is 0.261 e. The number of unbranched alkanes of at least 4 members (excludes halogenated alkanes) is 2. The molecule has 1 unspecified atom stereocenters. The molecule has 1 aliphatic heterocycles. The lowest BCUT2D eigenvalue weighted by molar-refractivity contribution is -0.124. The van der Waals surface area contributed by atoms with Crippen LogP contribution in [0.25, 0.3) is 45.0 Å². The molecule has 50 heavy (non-hydrogen) atoms. The third-order valence-corrected chi connectivity index (χ3v) is 9.31. The van der Waals surface area contributed by atoms with Crippen LogP contribution in [0.2, 0.25) is 0 Å². The largest absolute Gasteiger partial charge is 0.496 e. The van der Waals surface area contributed by atoms with Crippen LogP contribution >= 0.6 is 0 Å². The molecule has 2 amide bonds. The van der Waals surface area contributed by atoms with Crippen LogP contribution in [0.4, 0.5) is 0 Å². The van der Waals surface area contributed by atoms with Gasteiger partial charge < -0.3 is 4.74 Å². The minimum Gasteiger partial charge on any atom is -0.496 e. The van der Waals surface area contributed by atoms with Crippen molar-refractivity contribution in [2.24, 2.45) is 0 Å². The topological polar surface area (TPSA) is 85.3 Å². The van der Waals surface area contributed by atoms with E-state index in [1.807, 2.05) is 80.6 Å². The molecule has 7 nitrogen and oxygen atoms in total. The van der Waals surface area contributed by atoms with Crippen LogP contribution in [-0.2, 0) is 4.79 Å². The number of benzene rings is 4. The first-order valence-corrected chi connectivity index (χ1v) is 17.3. The standard InChI is InChI=1S/C43H42N4O3/c1-6-9-12-21-33(7-2)47-42(48)28(4)37-35(43(47)49)26-27-36(50-5)38(37)34(8-3)41-45-39(31-19-15-11-16-20-31)44-40(46-41)32-24-22-30(23-25-32)29-17-13-10-14-18-29/h8,10-11,13-20,22-27,33H,4,6-7,9,12,21H2,1-3,5H3/b34-8+. The van der Waals surface area contributed by atoms with Gasteiger partial charge in [-0.05, 0) is 43.0 Å². The average molecular weight is 663 g/mol. The first-order valence-electron chi connectivity index (χ1n) is 17.3. The lowest BCUT2D eigenvalue weighted by Crippen LogP contribution is -2.48. The number of aromatic nitrogens is 3. The highest BCUT2D eigenvalue weighted by atomic mass is 16.5. The summed E-state index contributed by atoms with van der Waals surface area (Å²) in [4.78, 5) is 44.5. The molecule has 0 bridgehead atoms. The quantitative estimate of drug-likeness (QED) is 0.0751. The normalized spacial score (nSPS) is 13.7. The van der Waals surface area contributed by atoms with Crippen LogP contribution in [0.15, 0.2) is 110 Å². The van der Waals surface area contributed by atoms with Crippen molar-refractivity contribution in [3.8, 4) is 39.7 Å². The molecule has 0 spiro atoms. The first kappa shape index (κ1) is 34.2. The highest BCUT2D eigenvalue weighted by molar-refractivity contribution is 6.31. The molecule has 0 fully saturated rings. The van der Waals surface area contributed by atoms with Crippen LogP contribution in [0.3, 0.4) is 0 Å². The van der Waals surface area contributed by atoms with Crippen molar-refractivity contribution in [3.05, 3.63) is 132 Å². The van der Waals surface area contributed by atoms with E-state index in [1.54, 1.807) is 19.2 Å². The van der Waals surface area contributed by atoms with E-state index >= 15 is 0 Å². The van der Waals surface area contributed by atoms with Crippen molar-refractivity contribution in [1.29, 1.82) is 0 Å². The van der Waals surface area contributed by atoms with Gasteiger partial charge in [0.15, 0.2) is 17.5 Å². The Morgan fingerprint density at radius 3 is 1.92 bits per heavy atom. The molecule has 0 aliphatic carbocycles. The summed E-state index contributed by atoms with van der Waals surface area (Å²) in [5.74, 6) is 1.16. The molecule has 2 heterocycles. The highest BCUT2D eigenvalue weighted by Gasteiger charge is 2.40. The number of hydrogen-bond donors (Lipinski definition) is 0. The summed E-state index contributed by atoms with van der Waals surface area (Å²) >= 11 is 0. The lowest BCUT2D eigenvalue weighted by Gasteiger charge is -2.35. The van der Waals surface area contributed by atoms with Gasteiger partial charge in [-0.15, -0.1) is 0 Å². The van der Waals surface area contributed by atoms with Gasteiger partial charge in [-0.1, -0.05) is 131 Å². The van der Waals surface area contributed by atoms with E-state index in [0.29, 0.717) is 51.9 Å². The van der Waals surface area contributed by atoms with E-state index in [1.165, 1.54) is 4.90 Å². The Hall–Kier alpha value is -5.69. The number of imide groups is 1. The van der Waals surface area contributed by atoms with Gasteiger partial charge in [-0.25, -0.2) is 15.0 Å². The Bertz CT molecular complexity index is 2050. The number of carbonyl (C=O) groups excluding carboxylic acids is 2. The molecule has 0 radical (unpaired) electrons. The molecule has 4 aromatic carbocycles. The van der Waals surface area contributed by atoms with Crippen LogP contribution < -0.4 is 4.74 Å². The highest BCUT2D eigenvalue weighted by Crippen LogP contribution is 2.42. The summed E-state index contributed by atoms with van der Waals surface area (Å²) < 4.78 is 5.89. The lowest BCUT2D eigenvalue weighted by atomic mass is 9.85. The minimum atomic E-state index is -0.379. The number of fused-ring (bicyclic) bond motifs is 1. The summed E-state index contributed by atoms with van der Waals surface area (Å²) in [6, 6.07) is 31.4. The molecule has 0 saturated heterocycles. The van der Waals surface area contributed by atoms with E-state index in [4.69, 9.17) is 19.7 Å². The second-order valence-corrected chi connectivity index (χ2v) is 12.4. The average Bonchev–Trinajstić information content (AvgIpc) is 3.17. The molecule has 5 aromatic rings. The number of rotatable bonds is 12. The molecule has 1 atom stereocenters. The molecule has 0 saturated carbocycles. The van der Waals surface area contributed by atoms with Crippen LogP contribution in [0, 0.1) is 0 Å². The van der Waals surface area contributed by atoms with Gasteiger partial charge in [0, 0.05) is 45.0 Å². The Morgan fingerprint density at radius 1 is 0.760 bits per heavy atom. The number of nitrogens with zero attached hydrogens (tertiary/aromatic N) is 4. The summed E-state index contributed by atoms with van der Waals surface area (Å²) in [6.45, 7) is 10.3. The van der Waals surface area contributed by atoms with Gasteiger partial charge in [0.05, 0.1) is 7.11 Å². The minimum absolute atomic E-state index is 0.203. The fourth-order valence-corrected chi connectivity index (χ4v) is 6.63. The maximum Gasteiger partial charge on any atom is 0.261 e. The van der Waals surface area contributed by atoms with Crippen molar-refractivity contribution in [2.45, 2.75) is 58.9 Å². The van der Waals surface area contributed by atoms with Crippen molar-refractivity contribution in [3.63, 3.8) is 0 Å². The second kappa shape index (κ2) is 15.2. The van der Waals surface area contributed by atoms with Crippen LogP contribution in [0.5, 0.6) is 5.75 Å². The Labute approximate surface area is 294 Å². The molecule has 1 aromatic heterocycles. The van der Waals surface area contributed by atoms with Gasteiger partial charge >= 0.3 is 0 Å². The van der Waals surface area contributed by atoms with Crippen LogP contribution in [0.1, 0.15) is 80.2 Å². The van der Waals surface area contributed by atoms with E-state index < -0.39 is 0 Å². The molecule has 1 aliphatic rings. The number of carbonyl (C=O) groups is 2. The zero-order chi connectivity index (χ0) is 35.2. The maximum absolute atomic E-state index is 14.2. The fourth-order valence-electron chi connectivity index (χ4n) is 6.63. The predicted octanol–water partition coefficient (Wildman–Crippen LogP) is 9.69. The van der Waals surface area contributed by atoms with E-state index in [-0.39, 0.29) is 23.4 Å². The van der Waals surface area contributed by atoms with E-state index in [2.05, 4.69) is 37.8 Å². The van der Waals surface area contributed by atoms with Crippen molar-refractivity contribution < 1.29 is 14.3 Å². The van der Waals surface area contributed by atoms with Crippen molar-refractivity contribution >= 4 is 23.0 Å². The molecule has 252 valence electrons. The third kappa shape index (κ3) is 6.64. The van der Waals surface area contributed by atoms with Gasteiger partial charge in [0.2, 0.25) is 0 Å². The molecule has 0 N–H and O–H groups in total. The number of amides is 2. The Balaban J connectivity index is 1.49. The third-order valence-electron chi connectivity index (χ3n) is 9.31. The summed E-state index contributed by atoms with van der Waals surface area (Å²) in [5.41, 5.74) is 6.10. The zero-order valence-electron chi connectivity index (χ0n) is 29.1. The van der Waals surface area contributed by atoms with Gasteiger partial charge in [-0.3, -0.25) is 14.5 Å². The summed E-state index contributed by atoms with van der Waals surface area (Å²) in [6.07, 6.45) is 6.38. The number of allylic oxidation sites excluding steroid dienone is 1. The van der Waals surface area contributed by atoms with E-state index in [0.717, 1.165) is 47.9 Å². The summed E-state index contributed by atoms with van der Waals surface area (Å²) in [5, 5.41) is 0. The number of hydrogen-bond acceptors (Lipinski definition) is 6.